The fraction of sp³-hybridized carbons (Fsp3) is 0.250. The molecule has 0 saturated heterocycles. The zero-order valence-electron chi connectivity index (χ0n) is 19.2. The zero-order valence-corrected chi connectivity index (χ0v) is 20.2. The molecule has 3 aromatic carbocycles. The Morgan fingerprint density at radius 3 is 1.48 bits per heavy atom. The van der Waals surface area contributed by atoms with E-state index in [0.29, 0.717) is 12.2 Å². The van der Waals surface area contributed by atoms with E-state index in [1.54, 1.807) is 0 Å². The Bertz CT molecular complexity index is 1000. The average molecular weight is 430 g/mol. The topological polar surface area (TPSA) is 31.5 Å². The molecule has 0 atom stereocenters. The predicted octanol–water partition coefficient (Wildman–Crippen LogP) is 7.82. The molecule has 1 N–H and O–H groups in total. The van der Waals surface area contributed by atoms with Crippen LogP contribution in [0.15, 0.2) is 96.8 Å². The first-order valence-electron chi connectivity index (χ1n) is 10.8. The molecule has 0 saturated carbocycles. The highest BCUT2D eigenvalue weighted by molar-refractivity contribution is 6.72. The van der Waals surface area contributed by atoms with E-state index < -0.39 is 8.32 Å². The third kappa shape index (κ3) is 5.62. The summed E-state index contributed by atoms with van der Waals surface area (Å²) in [5, 5.41) is 11.5. The van der Waals surface area contributed by atoms with Gasteiger partial charge in [0.2, 0.25) is 0 Å². The summed E-state index contributed by atoms with van der Waals surface area (Å²) in [7, 11) is -2.08. The minimum Gasteiger partial charge on any atom is -0.511 e. The lowest BCUT2D eigenvalue weighted by atomic mass is 9.94. The second kappa shape index (κ2) is 9.48. The summed E-state index contributed by atoms with van der Waals surface area (Å²) in [4.78, 5) is 0. The number of ketones is 1. The van der Waals surface area contributed by atoms with E-state index in [1.165, 1.54) is 0 Å². The van der Waals surface area contributed by atoms with Crippen LogP contribution < -0.4 is 0 Å². The van der Waals surface area contributed by atoms with Crippen molar-refractivity contribution >= 4 is 19.7 Å². The minimum absolute atomic E-state index is 0.0635. The van der Waals surface area contributed by atoms with E-state index in [-0.39, 0.29) is 5.04 Å². The molecule has 0 bridgehead atoms. The Kier molecular flexibility index (Phi) is 6.96. The highest BCUT2D eigenvalue weighted by atomic mass is 28.4. The Morgan fingerprint density at radius 1 is 0.710 bits per heavy atom. The van der Waals surface area contributed by atoms with Crippen molar-refractivity contribution in [2.45, 2.75) is 45.3 Å². The van der Waals surface area contributed by atoms with Crippen LogP contribution in [0.25, 0.3) is 5.57 Å². The molecular formula is C28H33O2Si+. The van der Waals surface area contributed by atoms with Crippen LogP contribution in [0.5, 0.6) is 0 Å². The highest BCUT2D eigenvalue weighted by Gasteiger charge is 2.51. The number of hydrogen-bond acceptors (Lipinski definition) is 1. The number of rotatable bonds is 6. The quantitative estimate of drug-likeness (QED) is 0.184. The van der Waals surface area contributed by atoms with E-state index in [9.17, 15) is 5.11 Å². The van der Waals surface area contributed by atoms with Gasteiger partial charge in [-0.2, -0.15) is 0 Å². The van der Waals surface area contributed by atoms with Gasteiger partial charge < -0.3 is 9.22 Å². The van der Waals surface area contributed by atoms with Gasteiger partial charge in [-0.1, -0.05) is 99.6 Å². The molecular weight excluding hydrogens is 396 g/mol. The molecule has 3 heteroatoms. The summed E-state index contributed by atoms with van der Waals surface area (Å²) in [5.41, 5.74) is 3.84. The van der Waals surface area contributed by atoms with Crippen LogP contribution in [-0.4, -0.2) is 19.2 Å². The SMILES string of the molecule is CC(C)(C)[Si](C)(C)[O+]=C(CC(O)=C(c1ccccc1)c1ccccc1)c1ccccc1. The van der Waals surface area contributed by atoms with Gasteiger partial charge in [0.1, 0.15) is 12.2 Å². The second-order valence-corrected chi connectivity index (χ2v) is 14.1. The highest BCUT2D eigenvalue weighted by Crippen LogP contribution is 2.37. The largest absolute Gasteiger partial charge is 0.517 e. The molecule has 0 amide bonds. The number of allylic oxidation sites excluding steroid dienone is 1. The molecule has 160 valence electrons. The van der Waals surface area contributed by atoms with Crippen LogP contribution >= 0.6 is 0 Å². The maximum atomic E-state index is 11.4. The molecule has 0 unspecified atom stereocenters. The smallest absolute Gasteiger partial charge is 0.511 e. The molecule has 0 spiro atoms. The van der Waals surface area contributed by atoms with Crippen LogP contribution in [0.2, 0.25) is 18.1 Å². The number of carbonyl (C=O) groups excluding carboxylic acids is 1. The van der Waals surface area contributed by atoms with E-state index in [1.807, 2.05) is 78.9 Å². The summed E-state index contributed by atoms with van der Waals surface area (Å²) in [6.45, 7) is 11.2. The fourth-order valence-electron chi connectivity index (χ4n) is 3.23. The molecule has 31 heavy (non-hydrogen) atoms. The fourth-order valence-corrected chi connectivity index (χ4v) is 4.34. The maximum Gasteiger partial charge on any atom is 0.517 e. The maximum absolute atomic E-state index is 11.4. The first-order valence-corrected chi connectivity index (χ1v) is 13.7. The Balaban J connectivity index is 2.15. The van der Waals surface area contributed by atoms with Crippen molar-refractivity contribution in [1.29, 1.82) is 0 Å². The van der Waals surface area contributed by atoms with Crippen molar-refractivity contribution in [3.05, 3.63) is 113 Å². The van der Waals surface area contributed by atoms with Gasteiger partial charge in [-0.25, -0.2) is 0 Å². The summed E-state index contributed by atoms with van der Waals surface area (Å²) < 4.78 is 6.74. The summed E-state index contributed by atoms with van der Waals surface area (Å²) in [6, 6.07) is 30.3. The number of aliphatic hydroxyl groups is 1. The Labute approximate surface area is 187 Å². The van der Waals surface area contributed by atoms with Gasteiger partial charge in [-0.15, -0.1) is 0 Å². The van der Waals surface area contributed by atoms with Gasteiger partial charge in [0.15, 0.2) is 0 Å². The van der Waals surface area contributed by atoms with Crippen LogP contribution in [0, 0.1) is 0 Å². The van der Waals surface area contributed by atoms with E-state index >= 15 is 0 Å². The van der Waals surface area contributed by atoms with Gasteiger partial charge in [0.25, 0.3) is 5.78 Å². The molecule has 0 aliphatic carbocycles. The summed E-state index contributed by atoms with van der Waals surface area (Å²) in [5.74, 6) is 1.14. The van der Waals surface area contributed by atoms with Crippen molar-refractivity contribution in [2.75, 3.05) is 0 Å². The van der Waals surface area contributed by atoms with Crippen LogP contribution in [0.1, 0.15) is 48.0 Å². The summed E-state index contributed by atoms with van der Waals surface area (Å²) >= 11 is 0. The van der Waals surface area contributed by atoms with E-state index in [4.69, 9.17) is 4.11 Å². The van der Waals surface area contributed by atoms with Gasteiger partial charge in [0.05, 0.1) is 5.56 Å². The minimum atomic E-state index is -2.08. The molecule has 2 nitrogen and oxygen atoms in total. The number of hydrogen-bond donors (Lipinski definition) is 1. The van der Waals surface area contributed by atoms with Crippen molar-refractivity contribution in [2.24, 2.45) is 0 Å². The van der Waals surface area contributed by atoms with Gasteiger partial charge in [-0.3, -0.25) is 0 Å². The Hall–Kier alpha value is -2.91. The molecule has 0 fully saturated rings. The number of benzene rings is 3. The third-order valence-electron chi connectivity index (χ3n) is 6.02. The number of aliphatic hydroxyl groups excluding tert-OH is 1. The van der Waals surface area contributed by atoms with Crippen molar-refractivity contribution in [3.8, 4) is 0 Å². The van der Waals surface area contributed by atoms with Crippen molar-refractivity contribution in [1.82, 2.24) is 0 Å². The van der Waals surface area contributed by atoms with E-state index in [0.717, 1.165) is 28.0 Å². The summed E-state index contributed by atoms with van der Waals surface area (Å²) in [6.07, 6.45) is 0.343. The molecule has 0 heterocycles. The first kappa shape index (κ1) is 22.8. The van der Waals surface area contributed by atoms with Gasteiger partial charge in [-0.05, 0) is 23.3 Å². The molecule has 3 rings (SSSR count). The Morgan fingerprint density at radius 2 is 1.10 bits per heavy atom. The normalized spacial score (nSPS) is 12.5. The van der Waals surface area contributed by atoms with Crippen molar-refractivity contribution < 1.29 is 9.22 Å². The monoisotopic (exact) mass is 429 g/mol. The predicted molar refractivity (Wildman–Crippen MR) is 134 cm³/mol. The second-order valence-electron chi connectivity index (χ2n) is 9.38. The van der Waals surface area contributed by atoms with Crippen molar-refractivity contribution in [3.63, 3.8) is 0 Å². The average Bonchev–Trinajstić information content (AvgIpc) is 2.75. The van der Waals surface area contributed by atoms with Crippen LogP contribution in [0.4, 0.5) is 0 Å². The van der Waals surface area contributed by atoms with E-state index in [2.05, 4.69) is 46.0 Å². The third-order valence-corrected chi connectivity index (χ3v) is 10.4. The zero-order chi connectivity index (χ0) is 22.5. The van der Waals surface area contributed by atoms with Gasteiger partial charge >= 0.3 is 8.32 Å². The van der Waals surface area contributed by atoms with Gasteiger partial charge in [0, 0.05) is 23.7 Å². The molecule has 0 aromatic heterocycles. The lowest BCUT2D eigenvalue weighted by Gasteiger charge is -2.22. The van der Waals surface area contributed by atoms with Crippen LogP contribution in [0.3, 0.4) is 0 Å². The lowest BCUT2D eigenvalue weighted by molar-refractivity contribution is -0.112. The first-order chi connectivity index (χ1) is 14.7. The van der Waals surface area contributed by atoms with Crippen LogP contribution in [-0.2, 0) is 0 Å². The molecule has 0 aliphatic rings. The standard InChI is InChI=1S/C28H32O2Si/c1-28(2,3)31(4,5)30-26(22-15-9-6-10-16-22)21-25(29)27(23-17-11-7-12-18-23)24-19-13-8-14-20-24/h6-20H,21H2,1-5H3/p+1. The molecule has 0 aliphatic heterocycles. The lowest BCUT2D eigenvalue weighted by Crippen LogP contribution is -2.37. The molecule has 0 radical (unpaired) electrons. The molecule has 3 aromatic rings.